The van der Waals surface area contributed by atoms with Crippen molar-refractivity contribution in [3.63, 3.8) is 0 Å². The van der Waals surface area contributed by atoms with Gasteiger partial charge >= 0.3 is 0 Å². The lowest BCUT2D eigenvalue weighted by atomic mass is 10.2. The summed E-state index contributed by atoms with van der Waals surface area (Å²) in [4.78, 5) is 0. The van der Waals surface area contributed by atoms with Crippen molar-refractivity contribution in [2.75, 3.05) is 18.5 Å². The highest BCUT2D eigenvalue weighted by molar-refractivity contribution is 7.80. The van der Waals surface area contributed by atoms with Gasteiger partial charge in [0.05, 0.1) is 6.10 Å². The minimum absolute atomic E-state index is 0.161. The third kappa shape index (κ3) is 3.89. The highest BCUT2D eigenvalue weighted by Gasteiger charge is 2.15. The molecule has 0 saturated carbocycles. The predicted octanol–water partition coefficient (Wildman–Crippen LogP) is 2.43. The summed E-state index contributed by atoms with van der Waals surface area (Å²) >= 11 is 5.03. The molecule has 1 aliphatic rings. The van der Waals surface area contributed by atoms with Gasteiger partial charge in [-0.25, -0.2) is 8.78 Å². The Hall–Kier alpha value is -1.27. The Morgan fingerprint density at radius 2 is 2.06 bits per heavy atom. The second kappa shape index (κ2) is 6.06. The van der Waals surface area contributed by atoms with E-state index in [1.165, 1.54) is 12.1 Å². The van der Waals surface area contributed by atoms with Crippen LogP contribution in [0.1, 0.15) is 12.8 Å². The third-order valence-electron chi connectivity index (χ3n) is 2.63. The topological polar surface area (TPSA) is 33.3 Å². The van der Waals surface area contributed by atoms with Crippen LogP contribution in [0.2, 0.25) is 0 Å². The molecule has 6 heteroatoms. The van der Waals surface area contributed by atoms with E-state index in [1.807, 2.05) is 0 Å². The Balaban J connectivity index is 1.82. The lowest BCUT2D eigenvalue weighted by Gasteiger charge is -2.14. The van der Waals surface area contributed by atoms with E-state index < -0.39 is 11.6 Å². The van der Waals surface area contributed by atoms with Crippen molar-refractivity contribution in [3.05, 3.63) is 29.8 Å². The SMILES string of the molecule is Fc1cc(F)cc(NC(=S)NC[C@@H]2CCCO2)c1. The lowest BCUT2D eigenvalue weighted by Crippen LogP contribution is -2.34. The summed E-state index contributed by atoms with van der Waals surface area (Å²) in [6, 6.07) is 3.18. The summed E-state index contributed by atoms with van der Waals surface area (Å²) in [5, 5.41) is 6.02. The Morgan fingerprint density at radius 3 is 2.67 bits per heavy atom. The minimum Gasteiger partial charge on any atom is -0.376 e. The molecular weight excluding hydrogens is 258 g/mol. The highest BCUT2D eigenvalue weighted by Crippen LogP contribution is 2.13. The number of halogens is 2. The van der Waals surface area contributed by atoms with Gasteiger partial charge in [0.1, 0.15) is 11.6 Å². The molecule has 0 radical (unpaired) electrons. The maximum Gasteiger partial charge on any atom is 0.170 e. The van der Waals surface area contributed by atoms with E-state index in [-0.39, 0.29) is 11.8 Å². The van der Waals surface area contributed by atoms with E-state index in [1.54, 1.807) is 0 Å². The van der Waals surface area contributed by atoms with Crippen molar-refractivity contribution in [3.8, 4) is 0 Å². The zero-order chi connectivity index (χ0) is 13.0. The highest BCUT2D eigenvalue weighted by atomic mass is 32.1. The number of anilines is 1. The van der Waals surface area contributed by atoms with Gasteiger partial charge in [-0.3, -0.25) is 0 Å². The van der Waals surface area contributed by atoms with E-state index in [2.05, 4.69) is 10.6 Å². The van der Waals surface area contributed by atoms with Crippen molar-refractivity contribution in [1.29, 1.82) is 0 Å². The first-order chi connectivity index (χ1) is 8.63. The van der Waals surface area contributed by atoms with E-state index >= 15 is 0 Å². The second-order valence-electron chi connectivity index (χ2n) is 4.13. The molecule has 1 fully saturated rings. The van der Waals surface area contributed by atoms with Gasteiger partial charge in [-0.15, -0.1) is 0 Å². The third-order valence-corrected chi connectivity index (χ3v) is 2.88. The molecule has 2 N–H and O–H groups in total. The van der Waals surface area contributed by atoms with Crippen LogP contribution < -0.4 is 10.6 Å². The molecule has 0 aliphatic carbocycles. The first kappa shape index (κ1) is 13.2. The summed E-state index contributed by atoms with van der Waals surface area (Å²) in [5.74, 6) is -1.28. The Labute approximate surface area is 110 Å². The van der Waals surface area contributed by atoms with Gasteiger partial charge in [-0.1, -0.05) is 0 Å². The van der Waals surface area contributed by atoms with Crippen LogP contribution in [0, 0.1) is 11.6 Å². The van der Waals surface area contributed by atoms with Crippen molar-refractivity contribution < 1.29 is 13.5 Å². The summed E-state index contributed by atoms with van der Waals surface area (Å²) in [6.45, 7) is 1.38. The van der Waals surface area contributed by atoms with Gasteiger partial charge in [0.2, 0.25) is 0 Å². The minimum atomic E-state index is -0.639. The number of thiocarbonyl (C=S) groups is 1. The first-order valence-corrected chi connectivity index (χ1v) is 6.17. The van der Waals surface area contributed by atoms with E-state index in [0.717, 1.165) is 25.5 Å². The molecule has 1 atom stereocenters. The fraction of sp³-hybridized carbons (Fsp3) is 0.417. The molecule has 18 heavy (non-hydrogen) atoms. The van der Waals surface area contributed by atoms with Crippen molar-refractivity contribution in [2.24, 2.45) is 0 Å². The molecule has 0 spiro atoms. The van der Waals surface area contributed by atoms with Crippen LogP contribution in [-0.2, 0) is 4.74 Å². The molecule has 1 saturated heterocycles. The van der Waals surface area contributed by atoms with Crippen LogP contribution in [0.25, 0.3) is 0 Å². The molecule has 0 bridgehead atoms. The molecule has 0 unspecified atom stereocenters. The van der Waals surface area contributed by atoms with E-state index in [4.69, 9.17) is 17.0 Å². The summed E-state index contributed by atoms with van der Waals surface area (Å²) < 4.78 is 31.3. The smallest absolute Gasteiger partial charge is 0.170 e. The quantitative estimate of drug-likeness (QED) is 0.828. The lowest BCUT2D eigenvalue weighted by molar-refractivity contribution is 0.114. The van der Waals surface area contributed by atoms with Crippen LogP contribution in [0.3, 0.4) is 0 Å². The number of hydrogen-bond acceptors (Lipinski definition) is 2. The summed E-state index contributed by atoms with van der Waals surface area (Å²) in [6.07, 6.45) is 2.22. The number of rotatable bonds is 3. The van der Waals surface area contributed by atoms with Crippen molar-refractivity contribution in [2.45, 2.75) is 18.9 Å². The van der Waals surface area contributed by atoms with Gasteiger partial charge in [0.15, 0.2) is 5.11 Å². The molecule has 1 aromatic carbocycles. The number of nitrogens with one attached hydrogen (secondary N) is 2. The van der Waals surface area contributed by atoms with Gasteiger partial charge in [0, 0.05) is 24.9 Å². The Bertz CT molecular complexity index is 416. The largest absolute Gasteiger partial charge is 0.376 e. The monoisotopic (exact) mass is 272 g/mol. The molecule has 1 aliphatic heterocycles. The van der Waals surface area contributed by atoms with Crippen molar-refractivity contribution in [1.82, 2.24) is 5.32 Å². The van der Waals surface area contributed by atoms with E-state index in [9.17, 15) is 8.78 Å². The zero-order valence-electron chi connectivity index (χ0n) is 9.71. The van der Waals surface area contributed by atoms with E-state index in [0.29, 0.717) is 11.7 Å². The molecule has 1 aromatic rings. The molecule has 1 heterocycles. The maximum absolute atomic E-state index is 12.9. The van der Waals surface area contributed by atoms with Crippen LogP contribution in [0.4, 0.5) is 14.5 Å². The van der Waals surface area contributed by atoms with Crippen molar-refractivity contribution >= 4 is 23.0 Å². The fourth-order valence-corrected chi connectivity index (χ4v) is 2.01. The number of benzene rings is 1. The Morgan fingerprint density at radius 1 is 1.33 bits per heavy atom. The molecule has 98 valence electrons. The van der Waals surface area contributed by atoms with Crippen LogP contribution >= 0.6 is 12.2 Å². The molecule has 2 rings (SSSR count). The summed E-state index contributed by atoms with van der Waals surface area (Å²) in [7, 11) is 0. The standard InChI is InChI=1S/C12H14F2N2OS/c13-8-4-9(14)6-10(5-8)16-12(18)15-7-11-2-1-3-17-11/h4-6,11H,1-3,7H2,(H2,15,16,18)/t11-/m0/s1. The normalized spacial score (nSPS) is 18.7. The fourth-order valence-electron chi connectivity index (χ4n) is 1.81. The Kier molecular flexibility index (Phi) is 4.43. The predicted molar refractivity (Wildman–Crippen MR) is 69.6 cm³/mol. The van der Waals surface area contributed by atoms with Crippen LogP contribution in [0.15, 0.2) is 18.2 Å². The van der Waals surface area contributed by atoms with Gasteiger partial charge in [-0.2, -0.15) is 0 Å². The average Bonchev–Trinajstić information content (AvgIpc) is 2.77. The van der Waals surface area contributed by atoms with Gasteiger partial charge in [-0.05, 0) is 37.2 Å². The second-order valence-corrected chi connectivity index (χ2v) is 4.54. The number of hydrogen-bond donors (Lipinski definition) is 2. The first-order valence-electron chi connectivity index (χ1n) is 5.76. The van der Waals surface area contributed by atoms with Crippen LogP contribution in [0.5, 0.6) is 0 Å². The molecule has 0 aromatic heterocycles. The number of ether oxygens (including phenoxy) is 1. The molecule has 0 amide bonds. The average molecular weight is 272 g/mol. The zero-order valence-corrected chi connectivity index (χ0v) is 10.5. The maximum atomic E-state index is 12.9. The van der Waals surface area contributed by atoms with Gasteiger partial charge < -0.3 is 15.4 Å². The van der Waals surface area contributed by atoms with Crippen LogP contribution in [-0.4, -0.2) is 24.4 Å². The molecule has 3 nitrogen and oxygen atoms in total. The van der Waals surface area contributed by atoms with Gasteiger partial charge in [0.25, 0.3) is 0 Å². The summed E-state index contributed by atoms with van der Waals surface area (Å²) in [5.41, 5.74) is 0.289. The molecular formula is C12H14F2N2OS.